The van der Waals surface area contributed by atoms with Crippen LogP contribution in [0.1, 0.15) is 72.1 Å². The molecule has 3 rings (SSSR count). The monoisotopic (exact) mass is 486 g/mol. The van der Waals surface area contributed by atoms with E-state index in [4.69, 9.17) is 9.47 Å². The van der Waals surface area contributed by atoms with Gasteiger partial charge in [0.1, 0.15) is 5.60 Å². The van der Waals surface area contributed by atoms with Crippen LogP contribution in [0.15, 0.2) is 0 Å². The molecule has 188 valence electrons. The molecule has 0 spiro atoms. The van der Waals surface area contributed by atoms with Gasteiger partial charge in [0.25, 0.3) is 5.91 Å². The number of hydrogen-bond donors (Lipinski definition) is 0. The zero-order valence-corrected chi connectivity index (χ0v) is 20.9. The van der Waals surface area contributed by atoms with Crippen LogP contribution in [0.4, 0.5) is 4.79 Å². The van der Waals surface area contributed by atoms with Crippen molar-refractivity contribution in [1.29, 1.82) is 0 Å². The molecule has 1 atom stereocenters. The second-order valence-corrected chi connectivity index (χ2v) is 12.7. The molecule has 0 radical (unpaired) electrons. The van der Waals surface area contributed by atoms with Crippen LogP contribution in [0.5, 0.6) is 0 Å². The highest BCUT2D eigenvalue weighted by atomic mass is 32.2. The molecule has 3 aliphatic rings. The largest absolute Gasteiger partial charge is 0.455 e. The quantitative estimate of drug-likeness (QED) is 0.549. The van der Waals surface area contributed by atoms with Gasteiger partial charge in [0, 0.05) is 25.2 Å². The maximum atomic E-state index is 13.1. The van der Waals surface area contributed by atoms with Crippen LogP contribution in [0.25, 0.3) is 0 Å². The van der Waals surface area contributed by atoms with Gasteiger partial charge in [0.2, 0.25) is 0 Å². The fraction of sp³-hybridized carbons (Fsp3) is 0.870. The lowest BCUT2D eigenvalue weighted by molar-refractivity contribution is -0.158. The van der Waals surface area contributed by atoms with Crippen molar-refractivity contribution in [2.24, 2.45) is 5.92 Å². The number of esters is 1. The van der Waals surface area contributed by atoms with Crippen LogP contribution in [-0.2, 0) is 28.9 Å². The summed E-state index contributed by atoms with van der Waals surface area (Å²) in [5.74, 6) is -1.01. The Morgan fingerprint density at radius 1 is 0.939 bits per heavy atom. The van der Waals surface area contributed by atoms with Crippen molar-refractivity contribution < 1.29 is 32.3 Å². The topological polar surface area (TPSA) is 110 Å². The summed E-state index contributed by atoms with van der Waals surface area (Å²) in [5, 5.41) is 0. The second kappa shape index (κ2) is 10.6. The maximum Gasteiger partial charge on any atom is 0.410 e. The Hall–Kier alpha value is -1.84. The highest BCUT2D eigenvalue weighted by molar-refractivity contribution is 7.91. The summed E-state index contributed by atoms with van der Waals surface area (Å²) < 4.78 is 34.8. The molecule has 2 heterocycles. The number of rotatable bonds is 5. The van der Waals surface area contributed by atoms with Gasteiger partial charge in [-0.3, -0.25) is 9.59 Å². The van der Waals surface area contributed by atoms with E-state index in [1.165, 1.54) is 0 Å². The van der Waals surface area contributed by atoms with Gasteiger partial charge in [-0.2, -0.15) is 0 Å². The number of likely N-dealkylation sites (tertiary alicyclic amines) is 1. The summed E-state index contributed by atoms with van der Waals surface area (Å²) in [7, 11) is -3.13. The number of sulfone groups is 1. The Kier molecular flexibility index (Phi) is 8.29. The van der Waals surface area contributed by atoms with Gasteiger partial charge in [-0.15, -0.1) is 0 Å². The Morgan fingerprint density at radius 2 is 1.58 bits per heavy atom. The predicted molar refractivity (Wildman–Crippen MR) is 122 cm³/mol. The van der Waals surface area contributed by atoms with E-state index in [0.717, 1.165) is 32.1 Å². The van der Waals surface area contributed by atoms with E-state index < -0.39 is 21.4 Å². The normalized spacial score (nSPS) is 24.3. The average Bonchev–Trinajstić information content (AvgIpc) is 3.11. The van der Waals surface area contributed by atoms with Crippen molar-refractivity contribution in [3.05, 3.63) is 0 Å². The Bertz CT molecular complexity index is 822. The molecule has 0 aromatic carbocycles. The number of hydrogen-bond acceptors (Lipinski definition) is 7. The Morgan fingerprint density at radius 3 is 2.12 bits per heavy atom. The van der Waals surface area contributed by atoms with Crippen LogP contribution >= 0.6 is 0 Å². The zero-order valence-electron chi connectivity index (χ0n) is 20.1. The van der Waals surface area contributed by atoms with Crippen molar-refractivity contribution in [1.82, 2.24) is 9.80 Å². The number of carbonyl (C=O) groups excluding carboxylic acids is 3. The molecule has 0 N–H and O–H groups in total. The van der Waals surface area contributed by atoms with Crippen LogP contribution in [0.2, 0.25) is 0 Å². The predicted octanol–water partition coefficient (Wildman–Crippen LogP) is 2.53. The third-order valence-corrected chi connectivity index (χ3v) is 8.43. The highest BCUT2D eigenvalue weighted by Crippen LogP contribution is 2.29. The molecule has 1 unspecified atom stereocenters. The van der Waals surface area contributed by atoms with Gasteiger partial charge >= 0.3 is 12.1 Å². The molecular weight excluding hydrogens is 448 g/mol. The summed E-state index contributed by atoms with van der Waals surface area (Å²) in [6, 6.07) is -0.318. The number of nitrogens with zero attached hydrogens (tertiary/aromatic N) is 2. The summed E-state index contributed by atoms with van der Waals surface area (Å²) in [5.41, 5.74) is -0.573. The smallest absolute Gasteiger partial charge is 0.410 e. The molecule has 1 saturated carbocycles. The molecular formula is C23H38N2O7S. The van der Waals surface area contributed by atoms with E-state index in [0.29, 0.717) is 32.4 Å². The minimum Gasteiger partial charge on any atom is -0.455 e. The van der Waals surface area contributed by atoms with Crippen LogP contribution in [-0.4, -0.2) is 85.1 Å². The number of amides is 2. The molecule has 33 heavy (non-hydrogen) atoms. The summed E-state index contributed by atoms with van der Waals surface area (Å²) in [6.07, 6.45) is 5.85. The molecule has 9 nitrogen and oxygen atoms in total. The Labute approximate surface area is 197 Å². The van der Waals surface area contributed by atoms with E-state index in [1.807, 2.05) is 20.8 Å². The van der Waals surface area contributed by atoms with Crippen molar-refractivity contribution in [2.45, 2.75) is 89.8 Å². The van der Waals surface area contributed by atoms with Crippen LogP contribution in [0, 0.1) is 5.92 Å². The maximum absolute atomic E-state index is 13.1. The molecule has 1 aliphatic carbocycles. The lowest BCUT2D eigenvalue weighted by atomic mass is 9.93. The van der Waals surface area contributed by atoms with E-state index in [-0.39, 0.29) is 48.1 Å². The first-order chi connectivity index (χ1) is 15.5. The first kappa shape index (κ1) is 25.8. The number of piperidine rings is 1. The standard InChI is InChI=1S/C23H38N2O7S/c1-23(2,3)32-22(28)24-12-9-17(10-13-24)21(27)31-15-20(26)25(18-7-5-4-6-8-18)19-11-14-33(29,30)16-19/h17-19H,4-16H2,1-3H3. The first-order valence-corrected chi connectivity index (χ1v) is 13.9. The highest BCUT2D eigenvalue weighted by Gasteiger charge is 2.39. The van der Waals surface area contributed by atoms with Crippen molar-refractivity contribution in [3.63, 3.8) is 0 Å². The van der Waals surface area contributed by atoms with E-state index in [1.54, 1.807) is 9.80 Å². The van der Waals surface area contributed by atoms with Crippen molar-refractivity contribution >= 4 is 27.8 Å². The van der Waals surface area contributed by atoms with E-state index >= 15 is 0 Å². The summed E-state index contributed by atoms with van der Waals surface area (Å²) >= 11 is 0. The van der Waals surface area contributed by atoms with Gasteiger partial charge in [0.05, 0.1) is 17.4 Å². The van der Waals surface area contributed by atoms with E-state index in [9.17, 15) is 22.8 Å². The SMILES string of the molecule is CC(C)(C)OC(=O)N1CCC(C(=O)OCC(=O)N(C2CCCCC2)C2CCS(=O)(=O)C2)CC1. The average molecular weight is 487 g/mol. The summed E-state index contributed by atoms with van der Waals surface area (Å²) in [6.45, 7) is 5.86. The van der Waals surface area contributed by atoms with Crippen molar-refractivity contribution in [2.75, 3.05) is 31.2 Å². The summed E-state index contributed by atoms with van der Waals surface area (Å²) in [4.78, 5) is 41.2. The minimum atomic E-state index is -3.13. The lowest BCUT2D eigenvalue weighted by Crippen LogP contribution is -2.50. The van der Waals surface area contributed by atoms with Gasteiger partial charge in [-0.25, -0.2) is 13.2 Å². The fourth-order valence-corrected chi connectivity index (χ4v) is 6.72. The first-order valence-electron chi connectivity index (χ1n) is 12.1. The lowest BCUT2D eigenvalue weighted by Gasteiger charge is -2.38. The molecule has 2 saturated heterocycles. The number of carbonyl (C=O) groups is 3. The molecule has 2 aliphatic heterocycles. The molecule has 2 amide bonds. The molecule has 0 aromatic heterocycles. The fourth-order valence-electron chi connectivity index (χ4n) is 5.01. The van der Waals surface area contributed by atoms with Crippen LogP contribution < -0.4 is 0 Å². The van der Waals surface area contributed by atoms with Gasteiger partial charge in [-0.1, -0.05) is 19.3 Å². The van der Waals surface area contributed by atoms with Crippen molar-refractivity contribution in [3.8, 4) is 0 Å². The second-order valence-electron chi connectivity index (χ2n) is 10.5. The van der Waals surface area contributed by atoms with Gasteiger partial charge in [-0.05, 0) is 52.9 Å². The van der Waals surface area contributed by atoms with Gasteiger partial charge < -0.3 is 19.3 Å². The zero-order chi connectivity index (χ0) is 24.2. The molecule has 0 aromatic rings. The van der Waals surface area contributed by atoms with E-state index in [2.05, 4.69) is 0 Å². The Balaban J connectivity index is 1.51. The van der Waals surface area contributed by atoms with Gasteiger partial charge in [0.15, 0.2) is 16.4 Å². The molecule has 0 bridgehead atoms. The molecule has 3 fully saturated rings. The minimum absolute atomic E-state index is 0.00763. The number of ether oxygens (including phenoxy) is 2. The van der Waals surface area contributed by atoms with Crippen LogP contribution in [0.3, 0.4) is 0 Å². The third-order valence-electron chi connectivity index (χ3n) is 6.68. The third kappa shape index (κ3) is 7.32. The molecule has 10 heteroatoms.